The van der Waals surface area contributed by atoms with E-state index in [4.69, 9.17) is 5.73 Å². The first-order valence-electron chi connectivity index (χ1n) is 5.11. The number of anilines is 1. The van der Waals surface area contributed by atoms with Crippen LogP contribution in [0.25, 0.3) is 0 Å². The number of rotatable bonds is 3. The molecule has 1 heterocycles. The summed E-state index contributed by atoms with van der Waals surface area (Å²) in [5, 5.41) is 2.67. The van der Waals surface area contributed by atoms with Crippen LogP contribution in [0.2, 0.25) is 0 Å². The summed E-state index contributed by atoms with van der Waals surface area (Å²) in [4.78, 5) is 25.7. The van der Waals surface area contributed by atoms with Crippen molar-refractivity contribution in [2.24, 2.45) is 5.73 Å². The third-order valence-electron chi connectivity index (χ3n) is 2.30. The van der Waals surface area contributed by atoms with E-state index in [1.165, 1.54) is 6.07 Å². The van der Waals surface area contributed by atoms with Gasteiger partial charge >= 0.3 is 0 Å². The number of carbonyl (C=O) groups excluding carboxylic acids is 2. The van der Waals surface area contributed by atoms with Crippen molar-refractivity contribution in [1.29, 1.82) is 0 Å². The smallest absolute Gasteiger partial charge is 0.272 e. The first kappa shape index (κ1) is 12.4. The van der Waals surface area contributed by atoms with E-state index < -0.39 is 5.91 Å². The summed E-state index contributed by atoms with van der Waals surface area (Å²) in [7, 11) is 0. The fourth-order valence-electron chi connectivity index (χ4n) is 1.45. The summed E-state index contributed by atoms with van der Waals surface area (Å²) in [5.74, 6) is -0.823. The minimum atomic E-state index is -0.534. The monoisotopic (exact) mass is 307 g/mol. The summed E-state index contributed by atoms with van der Waals surface area (Å²) in [6, 6.07) is 8.11. The van der Waals surface area contributed by atoms with Crippen LogP contribution in [0.1, 0.15) is 20.8 Å². The van der Waals surface area contributed by atoms with Crippen molar-refractivity contribution in [3.05, 3.63) is 52.3 Å². The predicted octanol–water partition coefficient (Wildman–Crippen LogP) is 2.13. The number of nitrogens with two attached hydrogens (primary N) is 1. The molecule has 0 radical (unpaired) electrons. The van der Waals surface area contributed by atoms with E-state index in [2.05, 4.69) is 26.2 Å². The van der Waals surface area contributed by atoms with E-state index in [0.29, 0.717) is 16.9 Å². The van der Waals surface area contributed by atoms with Crippen LogP contribution in [0.15, 0.2) is 41.0 Å². The van der Waals surface area contributed by atoms with Crippen LogP contribution < -0.4 is 11.1 Å². The topological polar surface area (TPSA) is 88.0 Å². The van der Waals surface area contributed by atoms with Gasteiger partial charge in [-0.25, -0.2) is 0 Å². The Bertz CT molecular complexity index is 607. The van der Waals surface area contributed by atoms with Gasteiger partial charge in [0, 0.05) is 21.9 Å². The Morgan fingerprint density at radius 1 is 1.28 bits per heavy atom. The minimum Gasteiger partial charge on any atom is -0.366 e. The first-order chi connectivity index (χ1) is 8.56. The fraction of sp³-hybridized carbons (Fsp3) is 0. The summed E-state index contributed by atoms with van der Waals surface area (Å²) < 4.78 is 0.790. The lowest BCUT2D eigenvalue weighted by atomic mass is 10.2. The molecule has 6 heteroatoms. The molecule has 0 atom stereocenters. The van der Waals surface area contributed by atoms with E-state index in [1.807, 2.05) is 0 Å². The summed E-state index contributed by atoms with van der Waals surface area (Å²) in [5.41, 5.74) is 6.45. The molecule has 0 aliphatic heterocycles. The first-order valence-corrected chi connectivity index (χ1v) is 5.90. The number of halogens is 1. The van der Waals surface area contributed by atoms with Crippen LogP contribution in [0.5, 0.6) is 0 Å². The highest BCUT2D eigenvalue weighted by molar-refractivity contribution is 9.10. The molecule has 0 saturated carbocycles. The molecule has 4 N–H and O–H groups in total. The number of nitrogens with one attached hydrogen (secondary N) is 2. The Hall–Kier alpha value is -2.08. The van der Waals surface area contributed by atoms with Gasteiger partial charge in [0.05, 0.1) is 0 Å². The number of aromatic nitrogens is 1. The van der Waals surface area contributed by atoms with Crippen LogP contribution >= 0.6 is 15.9 Å². The quantitative estimate of drug-likeness (QED) is 0.811. The molecule has 2 rings (SSSR count). The van der Waals surface area contributed by atoms with Crippen LogP contribution in [0.3, 0.4) is 0 Å². The lowest BCUT2D eigenvalue weighted by Crippen LogP contribution is -2.14. The molecule has 2 aromatic rings. The zero-order valence-corrected chi connectivity index (χ0v) is 10.8. The molecule has 0 aliphatic rings. The number of H-pyrrole nitrogens is 1. The van der Waals surface area contributed by atoms with Crippen molar-refractivity contribution >= 4 is 33.4 Å². The zero-order valence-electron chi connectivity index (χ0n) is 9.24. The molecular weight excluding hydrogens is 298 g/mol. The molecule has 5 nitrogen and oxygen atoms in total. The molecule has 0 saturated heterocycles. The van der Waals surface area contributed by atoms with Crippen molar-refractivity contribution in [2.45, 2.75) is 0 Å². The second kappa shape index (κ2) is 5.05. The van der Waals surface area contributed by atoms with Crippen molar-refractivity contribution in [2.75, 3.05) is 5.32 Å². The normalized spacial score (nSPS) is 10.1. The maximum absolute atomic E-state index is 11.8. The Morgan fingerprint density at radius 3 is 2.67 bits per heavy atom. The molecule has 1 aromatic heterocycles. The highest BCUT2D eigenvalue weighted by Crippen LogP contribution is 2.14. The van der Waals surface area contributed by atoms with Crippen LogP contribution in [-0.2, 0) is 0 Å². The molecule has 0 aliphatic carbocycles. The van der Waals surface area contributed by atoms with Crippen LogP contribution in [0, 0.1) is 0 Å². The largest absolute Gasteiger partial charge is 0.366 e. The van der Waals surface area contributed by atoms with E-state index in [9.17, 15) is 9.59 Å². The van der Waals surface area contributed by atoms with Gasteiger partial charge in [-0.15, -0.1) is 0 Å². The van der Waals surface area contributed by atoms with E-state index in [1.54, 1.807) is 30.5 Å². The lowest BCUT2D eigenvalue weighted by Gasteiger charge is -2.04. The molecule has 0 unspecified atom stereocenters. The third-order valence-corrected chi connectivity index (χ3v) is 2.76. The molecule has 0 fully saturated rings. The zero-order chi connectivity index (χ0) is 13.1. The lowest BCUT2D eigenvalue weighted by molar-refractivity contribution is 0.0995. The van der Waals surface area contributed by atoms with Crippen LogP contribution in [0.4, 0.5) is 5.69 Å². The van der Waals surface area contributed by atoms with Gasteiger partial charge in [0.15, 0.2) is 0 Å². The Labute approximate surface area is 112 Å². The Balaban J connectivity index is 2.16. The number of aromatic amines is 1. The highest BCUT2D eigenvalue weighted by atomic mass is 79.9. The van der Waals surface area contributed by atoms with Crippen molar-refractivity contribution in [3.63, 3.8) is 0 Å². The molecule has 0 bridgehead atoms. The van der Waals surface area contributed by atoms with Gasteiger partial charge in [0.1, 0.15) is 5.69 Å². The minimum absolute atomic E-state index is 0.290. The van der Waals surface area contributed by atoms with Gasteiger partial charge in [-0.2, -0.15) is 0 Å². The fourth-order valence-corrected chi connectivity index (χ4v) is 1.79. The highest BCUT2D eigenvalue weighted by Gasteiger charge is 2.09. The maximum atomic E-state index is 11.8. The summed E-state index contributed by atoms with van der Waals surface area (Å²) in [6.07, 6.45) is 1.66. The van der Waals surface area contributed by atoms with Gasteiger partial charge in [0.25, 0.3) is 5.91 Å². The number of primary amides is 1. The third kappa shape index (κ3) is 2.78. The molecular formula is C12H10BrN3O2. The number of carbonyl (C=O) groups is 2. The maximum Gasteiger partial charge on any atom is 0.272 e. The van der Waals surface area contributed by atoms with Crippen molar-refractivity contribution < 1.29 is 9.59 Å². The van der Waals surface area contributed by atoms with E-state index >= 15 is 0 Å². The summed E-state index contributed by atoms with van der Waals surface area (Å²) in [6.45, 7) is 0. The molecule has 1 aromatic carbocycles. The number of hydrogen-bond donors (Lipinski definition) is 3. The van der Waals surface area contributed by atoms with Gasteiger partial charge in [-0.3, -0.25) is 9.59 Å². The predicted molar refractivity (Wildman–Crippen MR) is 71.4 cm³/mol. The van der Waals surface area contributed by atoms with E-state index in [0.717, 1.165) is 4.47 Å². The molecule has 2 amide bonds. The van der Waals surface area contributed by atoms with Gasteiger partial charge in [0.2, 0.25) is 5.91 Å². The number of amides is 2. The molecule has 0 spiro atoms. The average molecular weight is 308 g/mol. The Kier molecular flexibility index (Phi) is 3.47. The van der Waals surface area contributed by atoms with Gasteiger partial charge in [-0.1, -0.05) is 6.07 Å². The number of benzene rings is 1. The molecule has 92 valence electrons. The second-order valence-electron chi connectivity index (χ2n) is 3.63. The summed E-state index contributed by atoms with van der Waals surface area (Å²) >= 11 is 3.24. The number of hydrogen-bond acceptors (Lipinski definition) is 2. The Morgan fingerprint density at radius 2 is 2.06 bits per heavy atom. The standard InChI is InChI=1S/C12H10BrN3O2/c13-8-5-10(15-6-8)12(18)16-9-3-1-2-7(4-9)11(14)17/h1-6,15H,(H2,14,17)(H,16,18). The van der Waals surface area contributed by atoms with E-state index in [-0.39, 0.29) is 5.91 Å². The van der Waals surface area contributed by atoms with Gasteiger partial charge < -0.3 is 16.0 Å². The SMILES string of the molecule is NC(=O)c1cccc(NC(=O)c2cc(Br)c[nH]2)c1. The van der Waals surface area contributed by atoms with Gasteiger partial charge in [-0.05, 0) is 40.2 Å². The van der Waals surface area contributed by atoms with Crippen molar-refractivity contribution in [1.82, 2.24) is 4.98 Å². The van der Waals surface area contributed by atoms with Crippen molar-refractivity contribution in [3.8, 4) is 0 Å². The molecule has 18 heavy (non-hydrogen) atoms. The van der Waals surface area contributed by atoms with Crippen LogP contribution in [-0.4, -0.2) is 16.8 Å². The second-order valence-corrected chi connectivity index (χ2v) is 4.55. The average Bonchev–Trinajstić information content (AvgIpc) is 2.76.